The van der Waals surface area contributed by atoms with Crippen LogP contribution in [0.5, 0.6) is 5.75 Å². The van der Waals surface area contributed by atoms with Gasteiger partial charge in [-0.25, -0.2) is 0 Å². The molecule has 0 aromatic heterocycles. The van der Waals surface area contributed by atoms with Crippen LogP contribution in [-0.2, 0) is 0 Å². The molecule has 0 heterocycles. The summed E-state index contributed by atoms with van der Waals surface area (Å²) >= 11 is 0. The summed E-state index contributed by atoms with van der Waals surface area (Å²) in [5, 5.41) is 3.56. The highest BCUT2D eigenvalue weighted by molar-refractivity contribution is 5.30. The number of hydrogen-bond donors (Lipinski definition) is 1. The number of hydrogen-bond acceptors (Lipinski definition) is 2. The molecule has 2 rings (SSSR count). The summed E-state index contributed by atoms with van der Waals surface area (Å²) in [6, 6.07) is 8.84. The minimum absolute atomic E-state index is 0.707. The molecule has 0 radical (unpaired) electrons. The van der Waals surface area contributed by atoms with Crippen LogP contribution < -0.4 is 10.1 Å². The minimum atomic E-state index is 0.707. The summed E-state index contributed by atoms with van der Waals surface area (Å²) in [7, 11) is 0. The lowest BCUT2D eigenvalue weighted by atomic mass is 9.70. The molecular formula is C19H31NO. The maximum atomic E-state index is 5.57. The maximum Gasteiger partial charge on any atom is 0.119 e. The zero-order valence-electron chi connectivity index (χ0n) is 13.9. The van der Waals surface area contributed by atoms with Crippen molar-refractivity contribution in [3.8, 4) is 5.75 Å². The van der Waals surface area contributed by atoms with Crippen LogP contribution >= 0.6 is 0 Å². The third-order valence-electron chi connectivity index (χ3n) is 4.96. The van der Waals surface area contributed by atoms with Crippen molar-refractivity contribution >= 4 is 0 Å². The molecular weight excluding hydrogens is 258 g/mol. The second-order valence-corrected chi connectivity index (χ2v) is 6.26. The summed E-state index contributed by atoms with van der Waals surface area (Å²) in [6.07, 6.45) is 5.44. The van der Waals surface area contributed by atoms with Crippen LogP contribution in [0.3, 0.4) is 0 Å². The number of rotatable bonds is 7. The largest absolute Gasteiger partial charge is 0.494 e. The fourth-order valence-corrected chi connectivity index (χ4v) is 3.65. The molecule has 0 saturated heterocycles. The van der Waals surface area contributed by atoms with Gasteiger partial charge in [0.1, 0.15) is 5.75 Å². The summed E-state index contributed by atoms with van der Waals surface area (Å²) in [5.74, 6) is 3.39. The second-order valence-electron chi connectivity index (χ2n) is 6.26. The Morgan fingerprint density at radius 1 is 1.10 bits per heavy atom. The van der Waals surface area contributed by atoms with Gasteiger partial charge in [-0.2, -0.15) is 0 Å². The Balaban J connectivity index is 2.09. The maximum absolute atomic E-state index is 5.57. The highest BCUT2D eigenvalue weighted by Crippen LogP contribution is 2.41. The lowest BCUT2D eigenvalue weighted by molar-refractivity contribution is 0.226. The highest BCUT2D eigenvalue weighted by atomic mass is 16.5. The van der Waals surface area contributed by atoms with Gasteiger partial charge in [-0.05, 0) is 68.3 Å². The van der Waals surface area contributed by atoms with E-state index in [1.165, 1.54) is 31.2 Å². The minimum Gasteiger partial charge on any atom is -0.494 e. The first-order valence-corrected chi connectivity index (χ1v) is 8.71. The van der Waals surface area contributed by atoms with Crippen LogP contribution in [0.2, 0.25) is 0 Å². The van der Waals surface area contributed by atoms with E-state index in [0.717, 1.165) is 37.3 Å². The van der Waals surface area contributed by atoms with E-state index >= 15 is 0 Å². The van der Waals surface area contributed by atoms with E-state index in [2.05, 4.69) is 43.4 Å². The van der Waals surface area contributed by atoms with E-state index in [9.17, 15) is 0 Å². The van der Waals surface area contributed by atoms with Gasteiger partial charge in [-0.1, -0.05) is 38.8 Å². The van der Waals surface area contributed by atoms with Gasteiger partial charge in [0, 0.05) is 0 Å². The van der Waals surface area contributed by atoms with Crippen LogP contribution in [0.15, 0.2) is 24.3 Å². The molecule has 3 atom stereocenters. The number of ether oxygens (including phenoxy) is 1. The van der Waals surface area contributed by atoms with E-state index in [0.29, 0.717) is 5.92 Å². The van der Waals surface area contributed by atoms with Crippen molar-refractivity contribution in [3.63, 3.8) is 0 Å². The topological polar surface area (TPSA) is 21.3 Å². The molecule has 21 heavy (non-hydrogen) atoms. The van der Waals surface area contributed by atoms with Crippen molar-refractivity contribution < 1.29 is 4.74 Å². The van der Waals surface area contributed by atoms with Gasteiger partial charge in [-0.3, -0.25) is 0 Å². The zero-order valence-corrected chi connectivity index (χ0v) is 13.9. The SMILES string of the molecule is CCNCC1CCC(CC)CC1c1ccc(OCC)cc1. The molecule has 1 aromatic carbocycles. The Bertz CT molecular complexity index is 401. The molecule has 1 aliphatic rings. The van der Waals surface area contributed by atoms with Crippen molar-refractivity contribution in [1.29, 1.82) is 0 Å². The summed E-state index contributed by atoms with van der Waals surface area (Å²) in [4.78, 5) is 0. The summed E-state index contributed by atoms with van der Waals surface area (Å²) in [6.45, 7) is 9.54. The Morgan fingerprint density at radius 2 is 1.86 bits per heavy atom. The average molecular weight is 289 g/mol. The van der Waals surface area contributed by atoms with Gasteiger partial charge < -0.3 is 10.1 Å². The molecule has 118 valence electrons. The third-order valence-corrected chi connectivity index (χ3v) is 4.96. The first kappa shape index (κ1) is 16.4. The summed E-state index contributed by atoms with van der Waals surface area (Å²) < 4.78 is 5.57. The standard InChI is InChI=1S/C19H31NO/c1-4-15-7-8-17(14-20-5-2)19(13-15)16-9-11-18(12-10-16)21-6-3/h9-12,15,17,19-20H,4-8,13-14H2,1-3H3. The van der Waals surface area contributed by atoms with E-state index in [4.69, 9.17) is 4.74 Å². The van der Waals surface area contributed by atoms with Crippen molar-refractivity contribution in [2.45, 2.75) is 52.4 Å². The molecule has 2 heteroatoms. The van der Waals surface area contributed by atoms with Crippen LogP contribution in [0.25, 0.3) is 0 Å². The first-order valence-electron chi connectivity index (χ1n) is 8.71. The van der Waals surface area contributed by atoms with E-state index < -0.39 is 0 Å². The highest BCUT2D eigenvalue weighted by Gasteiger charge is 2.30. The lowest BCUT2D eigenvalue weighted by Crippen LogP contribution is -2.31. The van der Waals surface area contributed by atoms with E-state index in [1.807, 2.05) is 6.92 Å². The van der Waals surface area contributed by atoms with Crippen molar-refractivity contribution in [2.75, 3.05) is 19.7 Å². The molecule has 1 aromatic rings. The fourth-order valence-electron chi connectivity index (χ4n) is 3.65. The molecule has 1 saturated carbocycles. The Labute approximate surface area is 130 Å². The molecule has 1 N–H and O–H groups in total. The Kier molecular flexibility index (Phi) is 6.56. The van der Waals surface area contributed by atoms with E-state index in [-0.39, 0.29) is 0 Å². The number of nitrogens with one attached hydrogen (secondary N) is 1. The van der Waals surface area contributed by atoms with Crippen LogP contribution in [0.1, 0.15) is 57.9 Å². The van der Waals surface area contributed by atoms with Gasteiger partial charge in [-0.15, -0.1) is 0 Å². The molecule has 2 nitrogen and oxygen atoms in total. The average Bonchev–Trinajstić information content (AvgIpc) is 2.54. The molecule has 0 amide bonds. The number of benzene rings is 1. The Morgan fingerprint density at radius 3 is 2.48 bits per heavy atom. The predicted molar refractivity (Wildman–Crippen MR) is 90.0 cm³/mol. The zero-order chi connectivity index (χ0) is 15.1. The Hall–Kier alpha value is -1.02. The van der Waals surface area contributed by atoms with Crippen LogP contribution in [-0.4, -0.2) is 19.7 Å². The van der Waals surface area contributed by atoms with Crippen molar-refractivity contribution in [1.82, 2.24) is 5.32 Å². The molecule has 0 spiro atoms. The van der Waals surface area contributed by atoms with Gasteiger partial charge in [0.15, 0.2) is 0 Å². The van der Waals surface area contributed by atoms with Crippen LogP contribution in [0.4, 0.5) is 0 Å². The smallest absolute Gasteiger partial charge is 0.119 e. The predicted octanol–water partition coefficient (Wildman–Crippen LogP) is 4.60. The van der Waals surface area contributed by atoms with Crippen molar-refractivity contribution in [2.24, 2.45) is 11.8 Å². The van der Waals surface area contributed by atoms with Gasteiger partial charge in [0.2, 0.25) is 0 Å². The van der Waals surface area contributed by atoms with Gasteiger partial charge in [0.25, 0.3) is 0 Å². The molecule has 0 bridgehead atoms. The molecule has 0 aliphatic heterocycles. The third kappa shape index (κ3) is 4.47. The van der Waals surface area contributed by atoms with E-state index in [1.54, 1.807) is 0 Å². The normalized spacial score (nSPS) is 25.8. The quantitative estimate of drug-likeness (QED) is 0.791. The fraction of sp³-hybridized carbons (Fsp3) is 0.684. The summed E-state index contributed by atoms with van der Waals surface area (Å²) in [5.41, 5.74) is 1.50. The van der Waals surface area contributed by atoms with Crippen molar-refractivity contribution in [3.05, 3.63) is 29.8 Å². The molecule has 3 unspecified atom stereocenters. The lowest BCUT2D eigenvalue weighted by Gasteiger charge is -2.36. The molecule has 1 aliphatic carbocycles. The monoisotopic (exact) mass is 289 g/mol. The first-order chi connectivity index (χ1) is 10.3. The van der Waals surface area contributed by atoms with Crippen LogP contribution in [0, 0.1) is 11.8 Å². The molecule has 1 fully saturated rings. The van der Waals surface area contributed by atoms with Gasteiger partial charge in [0.05, 0.1) is 6.61 Å². The second kappa shape index (κ2) is 8.43. The van der Waals surface area contributed by atoms with Gasteiger partial charge >= 0.3 is 0 Å².